The molecule has 4 aromatic rings. The molecule has 37 heavy (non-hydrogen) atoms. The Hall–Kier alpha value is -3.72. The normalized spacial score (nSPS) is 14.6. The van der Waals surface area contributed by atoms with Crippen molar-refractivity contribution in [1.29, 1.82) is 0 Å². The topological polar surface area (TPSA) is 74.6 Å². The third-order valence-electron chi connectivity index (χ3n) is 6.51. The summed E-state index contributed by atoms with van der Waals surface area (Å²) in [6, 6.07) is 30.3. The number of nitrogens with zero attached hydrogens (tertiary/aromatic N) is 2. The fraction of sp³-hybridized carbons (Fsp3) is 0.241. The van der Waals surface area contributed by atoms with Gasteiger partial charge in [0.15, 0.2) is 0 Å². The first-order valence-electron chi connectivity index (χ1n) is 12.6. The van der Waals surface area contributed by atoms with E-state index in [2.05, 4.69) is 41.7 Å². The highest BCUT2D eigenvalue weighted by Crippen LogP contribution is 2.41. The summed E-state index contributed by atoms with van der Waals surface area (Å²) < 4.78 is 19.4. The maximum atomic E-state index is 13.7. The molecule has 8 heteroatoms. The van der Waals surface area contributed by atoms with Crippen molar-refractivity contribution in [2.45, 2.75) is 12.5 Å². The van der Waals surface area contributed by atoms with Crippen LogP contribution >= 0.6 is 0 Å². The predicted molar refractivity (Wildman–Crippen MR) is 143 cm³/mol. The van der Waals surface area contributed by atoms with Crippen LogP contribution in [0, 0.1) is 0 Å². The second-order valence-electron chi connectivity index (χ2n) is 8.71. The number of ether oxygens (including phenoxy) is 1. The van der Waals surface area contributed by atoms with Gasteiger partial charge in [0.2, 0.25) is 0 Å². The van der Waals surface area contributed by atoms with Crippen molar-refractivity contribution >= 4 is 18.6 Å². The summed E-state index contributed by atoms with van der Waals surface area (Å²) in [5.41, 5.74) is 2.75. The smallest absolute Gasteiger partial charge is 0.461 e. The SMILES string of the molecule is CCOC(=O)c1c(B2OCCNCCO2)cnn1C(c1ccccc1)(c1ccccc1)c1ccccc1. The van der Waals surface area contributed by atoms with Crippen LogP contribution in [0.3, 0.4) is 0 Å². The van der Waals surface area contributed by atoms with Crippen molar-refractivity contribution < 1.29 is 18.8 Å². The number of benzene rings is 3. The van der Waals surface area contributed by atoms with Gasteiger partial charge < -0.3 is 19.4 Å². The Morgan fingerprint density at radius 2 is 1.38 bits per heavy atom. The summed E-state index contributed by atoms with van der Waals surface area (Å²) in [5.74, 6) is -0.477. The standard InChI is InChI=1S/C29H30BN3O4/c1-2-35-28(34)27-26(30-36-20-18-31-19-21-37-30)22-32-33(27)29(23-12-6-3-7-13-23,24-14-8-4-9-15-24)25-16-10-5-11-17-25/h3-17,22,31H,2,18-21H2,1H3. The molecule has 7 nitrogen and oxygen atoms in total. The Balaban J connectivity index is 1.83. The lowest BCUT2D eigenvalue weighted by Crippen LogP contribution is -2.47. The van der Waals surface area contributed by atoms with Gasteiger partial charge in [-0.2, -0.15) is 5.10 Å². The molecule has 3 aromatic carbocycles. The molecular formula is C29H30BN3O4. The molecule has 1 fully saturated rings. The minimum Gasteiger partial charge on any atom is -0.461 e. The fourth-order valence-electron chi connectivity index (χ4n) is 4.93. The zero-order valence-electron chi connectivity index (χ0n) is 20.9. The van der Waals surface area contributed by atoms with Gasteiger partial charge in [-0.1, -0.05) is 91.0 Å². The number of nitrogens with one attached hydrogen (secondary N) is 1. The molecule has 1 aromatic heterocycles. The van der Waals surface area contributed by atoms with Crippen LogP contribution in [-0.2, 0) is 19.6 Å². The van der Waals surface area contributed by atoms with E-state index in [1.54, 1.807) is 17.8 Å². The molecular weight excluding hydrogens is 465 g/mol. The molecule has 1 saturated heterocycles. The van der Waals surface area contributed by atoms with E-state index < -0.39 is 18.6 Å². The van der Waals surface area contributed by atoms with Crippen LogP contribution in [0.2, 0.25) is 0 Å². The van der Waals surface area contributed by atoms with Crippen LogP contribution in [0.15, 0.2) is 97.2 Å². The number of carbonyl (C=O) groups excluding carboxylic acids is 1. The quantitative estimate of drug-likeness (QED) is 0.241. The van der Waals surface area contributed by atoms with E-state index in [0.29, 0.717) is 37.5 Å². The van der Waals surface area contributed by atoms with Crippen molar-refractivity contribution in [2.75, 3.05) is 32.9 Å². The van der Waals surface area contributed by atoms with Crippen molar-refractivity contribution in [2.24, 2.45) is 0 Å². The van der Waals surface area contributed by atoms with Gasteiger partial charge in [0.05, 0.1) is 6.61 Å². The van der Waals surface area contributed by atoms with Crippen molar-refractivity contribution in [3.05, 3.63) is 120 Å². The number of hydrogen-bond acceptors (Lipinski definition) is 6. The zero-order valence-corrected chi connectivity index (χ0v) is 20.9. The number of hydrogen-bond donors (Lipinski definition) is 1. The lowest BCUT2D eigenvalue weighted by atomic mass is 9.75. The van der Waals surface area contributed by atoms with E-state index >= 15 is 0 Å². The Bertz CT molecular complexity index is 1190. The maximum Gasteiger partial charge on any atom is 0.498 e. The van der Waals surface area contributed by atoms with E-state index in [1.807, 2.05) is 54.6 Å². The van der Waals surface area contributed by atoms with Gasteiger partial charge in [0.25, 0.3) is 0 Å². The molecule has 1 aliphatic heterocycles. The van der Waals surface area contributed by atoms with Crippen LogP contribution in [0.1, 0.15) is 34.1 Å². The van der Waals surface area contributed by atoms with Crippen molar-refractivity contribution in [1.82, 2.24) is 15.1 Å². The predicted octanol–water partition coefficient (Wildman–Crippen LogP) is 3.23. The molecule has 0 amide bonds. The van der Waals surface area contributed by atoms with E-state index in [1.165, 1.54) is 0 Å². The Labute approximate surface area is 217 Å². The van der Waals surface area contributed by atoms with Gasteiger partial charge in [0.1, 0.15) is 11.2 Å². The molecule has 0 saturated carbocycles. The number of aromatic nitrogens is 2. The largest absolute Gasteiger partial charge is 0.498 e. The molecule has 0 atom stereocenters. The van der Waals surface area contributed by atoms with Crippen molar-refractivity contribution in [3.63, 3.8) is 0 Å². The first-order valence-corrected chi connectivity index (χ1v) is 12.6. The van der Waals surface area contributed by atoms with E-state index in [9.17, 15) is 4.79 Å². The lowest BCUT2D eigenvalue weighted by molar-refractivity contribution is 0.0508. The summed E-state index contributed by atoms with van der Waals surface area (Å²) in [7, 11) is -0.740. The average Bonchev–Trinajstić information content (AvgIpc) is 3.36. The van der Waals surface area contributed by atoms with Gasteiger partial charge in [-0.15, -0.1) is 0 Å². The van der Waals surface area contributed by atoms with Crippen LogP contribution in [0.25, 0.3) is 0 Å². The summed E-state index contributed by atoms with van der Waals surface area (Å²) >= 11 is 0. The molecule has 0 radical (unpaired) electrons. The number of rotatable bonds is 7. The zero-order chi connectivity index (χ0) is 25.5. The molecule has 1 N–H and O–H groups in total. The van der Waals surface area contributed by atoms with E-state index in [0.717, 1.165) is 16.7 Å². The second-order valence-corrected chi connectivity index (χ2v) is 8.71. The second kappa shape index (κ2) is 11.6. The molecule has 5 rings (SSSR count). The average molecular weight is 495 g/mol. The molecule has 188 valence electrons. The Kier molecular flexibility index (Phi) is 7.80. The number of carbonyl (C=O) groups is 1. The van der Waals surface area contributed by atoms with Crippen molar-refractivity contribution in [3.8, 4) is 0 Å². The first kappa shape index (κ1) is 25.0. The molecule has 1 aliphatic rings. The fourth-order valence-corrected chi connectivity index (χ4v) is 4.93. The lowest BCUT2D eigenvalue weighted by Gasteiger charge is -2.37. The molecule has 0 bridgehead atoms. The van der Waals surface area contributed by atoms with E-state index in [4.69, 9.17) is 19.1 Å². The third-order valence-corrected chi connectivity index (χ3v) is 6.51. The van der Waals surface area contributed by atoms with Crippen LogP contribution in [-0.4, -0.2) is 55.8 Å². The minimum atomic E-state index is -0.965. The molecule has 2 heterocycles. The minimum absolute atomic E-state index is 0.231. The summed E-state index contributed by atoms with van der Waals surface area (Å²) in [6.07, 6.45) is 1.68. The summed E-state index contributed by atoms with van der Waals surface area (Å²) in [5, 5.41) is 8.14. The highest BCUT2D eigenvalue weighted by Gasteiger charge is 2.44. The van der Waals surface area contributed by atoms with E-state index in [-0.39, 0.29) is 6.61 Å². The number of esters is 1. The first-order chi connectivity index (χ1) is 18.3. The van der Waals surface area contributed by atoms with Gasteiger partial charge in [-0.3, -0.25) is 0 Å². The molecule has 0 unspecified atom stereocenters. The monoisotopic (exact) mass is 495 g/mol. The van der Waals surface area contributed by atoms with Crippen LogP contribution in [0.5, 0.6) is 0 Å². The van der Waals surface area contributed by atoms with Gasteiger partial charge >= 0.3 is 13.1 Å². The molecule has 0 spiro atoms. The summed E-state index contributed by atoms with van der Waals surface area (Å²) in [6.45, 7) is 4.31. The van der Waals surface area contributed by atoms with Gasteiger partial charge in [0, 0.05) is 38.0 Å². The van der Waals surface area contributed by atoms with Crippen LogP contribution < -0.4 is 10.8 Å². The highest BCUT2D eigenvalue weighted by atomic mass is 16.6. The maximum absolute atomic E-state index is 13.7. The molecule has 0 aliphatic carbocycles. The third kappa shape index (κ3) is 4.83. The van der Waals surface area contributed by atoms with Crippen LogP contribution in [0.4, 0.5) is 0 Å². The Morgan fingerprint density at radius 1 is 0.892 bits per heavy atom. The van der Waals surface area contributed by atoms with Gasteiger partial charge in [-0.05, 0) is 23.6 Å². The van der Waals surface area contributed by atoms with Gasteiger partial charge in [-0.25, -0.2) is 9.48 Å². The summed E-state index contributed by atoms with van der Waals surface area (Å²) in [4.78, 5) is 13.7. The highest BCUT2D eigenvalue weighted by molar-refractivity contribution is 6.62. The Morgan fingerprint density at radius 3 is 1.84 bits per heavy atom.